The molecule has 0 saturated carbocycles. The van der Waals surface area contributed by atoms with Crippen molar-refractivity contribution < 1.29 is 28.7 Å². The normalized spacial score (nSPS) is 9.19. The zero-order valence-corrected chi connectivity index (χ0v) is 19.4. The van der Waals surface area contributed by atoms with Crippen LogP contribution in [0.3, 0.4) is 0 Å². The van der Waals surface area contributed by atoms with Gasteiger partial charge in [-0.3, -0.25) is 19.4 Å². The largest absolute Gasteiger partial charge is 0.468 e. The second-order valence-electron chi connectivity index (χ2n) is 5.79. The maximum absolute atomic E-state index is 11.1. The van der Waals surface area contributed by atoms with Gasteiger partial charge in [-0.2, -0.15) is 0 Å². The summed E-state index contributed by atoms with van der Waals surface area (Å²) in [5, 5.41) is 2.65. The molecule has 0 saturated heterocycles. The van der Waals surface area contributed by atoms with Gasteiger partial charge < -0.3 is 25.3 Å². The number of hydrogen-bond donors (Lipinski definition) is 2. The Morgan fingerprint density at radius 1 is 1.03 bits per heavy atom. The summed E-state index contributed by atoms with van der Waals surface area (Å²) >= 11 is 3.21. The number of ether oxygens (including phenoxy) is 2. The number of primary amides is 1. The third-order valence-corrected chi connectivity index (χ3v) is 4.42. The van der Waals surface area contributed by atoms with Gasteiger partial charge in [0.1, 0.15) is 4.77 Å². The standard InChI is InChI=1S/C15H10N3O2.C6H10O4S.Al/c16-15(20)13-6-12(8-17-9-13)5-4-11-2-1-3-14(7-11)18-10-19;1-9-5(7)3-11-4-6(8)10-2;/h1-3,6-9H,(H2,16,20)(H,18,19);3-4H2,1-2H3;. The lowest BCUT2D eigenvalue weighted by atomic mass is 10.1. The lowest BCUT2D eigenvalue weighted by Gasteiger charge is -2.02. The van der Waals surface area contributed by atoms with Crippen molar-refractivity contribution >= 4 is 56.4 Å². The van der Waals surface area contributed by atoms with Crippen LogP contribution in [0.15, 0.2) is 42.7 Å². The number of esters is 2. The molecule has 2 radical (unpaired) electrons. The van der Waals surface area contributed by atoms with Crippen molar-refractivity contribution in [3.63, 3.8) is 0 Å². The van der Waals surface area contributed by atoms with Crippen molar-refractivity contribution in [2.75, 3.05) is 31.0 Å². The molecule has 0 atom stereocenters. The van der Waals surface area contributed by atoms with E-state index in [9.17, 15) is 19.2 Å². The summed E-state index contributed by atoms with van der Waals surface area (Å²) in [6.07, 6.45) is 2.94. The highest BCUT2D eigenvalue weighted by molar-refractivity contribution is 8.00. The van der Waals surface area contributed by atoms with Gasteiger partial charge in [-0.15, -0.1) is 11.8 Å². The van der Waals surface area contributed by atoms with Crippen molar-refractivity contribution in [2.45, 2.75) is 0 Å². The van der Waals surface area contributed by atoms with Crippen LogP contribution in [0.2, 0.25) is 0 Å². The van der Waals surface area contributed by atoms with Crippen LogP contribution in [0.1, 0.15) is 21.5 Å². The SMILES string of the molecule is COC(=O)CSCC(=O)OC.NC(=O)c1cncc(C#Cc2cccc(N[C](=O)[Al])c2)c1. The van der Waals surface area contributed by atoms with Gasteiger partial charge in [-0.25, -0.2) is 0 Å². The highest BCUT2D eigenvalue weighted by atomic mass is 32.2. The summed E-state index contributed by atoms with van der Waals surface area (Å²) in [6.45, 7) is 0. The number of pyridine rings is 1. The monoisotopic (exact) mass is 469 g/mol. The van der Waals surface area contributed by atoms with E-state index >= 15 is 0 Å². The predicted octanol–water partition coefficient (Wildman–Crippen LogP) is 1.35. The van der Waals surface area contributed by atoms with Crippen LogP contribution in [0.4, 0.5) is 10.5 Å². The minimum Gasteiger partial charge on any atom is -0.468 e. The first-order valence-corrected chi connectivity index (χ1v) is 10.6. The Balaban J connectivity index is 0.000000396. The maximum Gasteiger partial charge on any atom is 0.315 e. The van der Waals surface area contributed by atoms with E-state index in [4.69, 9.17) is 5.73 Å². The van der Waals surface area contributed by atoms with Gasteiger partial charge in [0.15, 0.2) is 0 Å². The number of nitrogens with zero attached hydrogens (tertiary/aromatic N) is 1. The average molecular weight is 469 g/mol. The van der Waals surface area contributed by atoms with Crippen molar-refractivity contribution in [1.82, 2.24) is 4.98 Å². The quantitative estimate of drug-likeness (QED) is 0.367. The first-order chi connectivity index (χ1) is 15.2. The fourth-order valence-electron chi connectivity index (χ4n) is 1.94. The molecule has 2 aromatic rings. The lowest BCUT2D eigenvalue weighted by molar-refractivity contribution is -0.137. The Labute approximate surface area is 197 Å². The number of carbonyl (C=O) groups excluding carboxylic acids is 4. The number of amides is 2. The molecule has 0 fully saturated rings. The summed E-state index contributed by atoms with van der Waals surface area (Å²) in [6, 6.07) is 8.70. The molecule has 0 unspecified atom stereocenters. The number of carbonyl (C=O) groups is 4. The highest BCUT2D eigenvalue weighted by Gasteiger charge is 2.04. The fraction of sp³-hybridized carbons (Fsp3) is 0.190. The molecule has 3 N–H and O–H groups in total. The molecule has 2 amide bonds. The molecule has 0 bridgehead atoms. The minimum absolute atomic E-state index is 0.186. The second kappa shape index (κ2) is 14.7. The molecule has 1 aromatic carbocycles. The van der Waals surface area contributed by atoms with Gasteiger partial charge in [0.25, 0.3) is 16.3 Å². The van der Waals surface area contributed by atoms with Crippen LogP contribution in [-0.2, 0) is 19.1 Å². The molecule has 9 nitrogen and oxygen atoms in total. The molecule has 164 valence electrons. The van der Waals surface area contributed by atoms with Crippen molar-refractivity contribution in [1.29, 1.82) is 0 Å². The number of aromatic nitrogens is 1. The van der Waals surface area contributed by atoms with Crippen LogP contribution in [0.25, 0.3) is 0 Å². The summed E-state index contributed by atoms with van der Waals surface area (Å²) in [5.41, 5.74) is 7.48. The molecule has 0 aliphatic carbocycles. The number of thioether (sulfide) groups is 1. The van der Waals surface area contributed by atoms with E-state index in [2.05, 4.69) is 31.6 Å². The number of nitrogens with one attached hydrogen (secondary N) is 1. The Hall–Kier alpha value is -3.31. The Bertz CT molecular complexity index is 1020. The van der Waals surface area contributed by atoms with Crippen molar-refractivity contribution in [2.24, 2.45) is 5.73 Å². The molecule has 1 aromatic heterocycles. The predicted molar refractivity (Wildman–Crippen MR) is 121 cm³/mol. The first-order valence-electron chi connectivity index (χ1n) is 8.90. The third kappa shape index (κ3) is 11.2. The zero-order chi connectivity index (χ0) is 23.9. The lowest BCUT2D eigenvalue weighted by Crippen LogP contribution is -2.11. The van der Waals surface area contributed by atoms with Gasteiger partial charge >= 0.3 is 11.9 Å². The molecular formula is C21H20AlN3O6S. The smallest absolute Gasteiger partial charge is 0.315 e. The van der Waals surface area contributed by atoms with Crippen LogP contribution in [0.5, 0.6) is 0 Å². The van der Waals surface area contributed by atoms with Crippen LogP contribution in [-0.4, -0.2) is 69.6 Å². The van der Waals surface area contributed by atoms with Crippen LogP contribution < -0.4 is 11.1 Å². The Morgan fingerprint density at radius 3 is 2.22 bits per heavy atom. The number of methoxy groups -OCH3 is 2. The van der Waals surface area contributed by atoms with Gasteiger partial charge in [0.05, 0.1) is 31.3 Å². The molecular weight excluding hydrogens is 449 g/mol. The maximum atomic E-state index is 11.1. The van der Waals surface area contributed by atoms with Gasteiger partial charge in [-0.05, 0) is 24.3 Å². The molecule has 0 aliphatic heterocycles. The highest BCUT2D eigenvalue weighted by Crippen LogP contribution is 2.10. The van der Waals surface area contributed by atoms with E-state index < -0.39 is 5.91 Å². The fourth-order valence-corrected chi connectivity index (χ4v) is 2.78. The number of nitrogens with two attached hydrogens (primary N) is 1. The van der Waals surface area contributed by atoms with Gasteiger partial charge in [-0.1, -0.05) is 17.9 Å². The van der Waals surface area contributed by atoms with Gasteiger partial charge in [0.2, 0.25) is 5.91 Å². The van der Waals surface area contributed by atoms with E-state index in [1.807, 2.05) is 22.4 Å². The first kappa shape index (κ1) is 26.7. The van der Waals surface area contributed by atoms with E-state index in [1.165, 1.54) is 32.2 Å². The van der Waals surface area contributed by atoms with Gasteiger partial charge in [0, 0.05) is 29.2 Å². The minimum atomic E-state index is -0.545. The van der Waals surface area contributed by atoms with Crippen LogP contribution in [0, 0.1) is 11.8 Å². The molecule has 32 heavy (non-hydrogen) atoms. The van der Waals surface area contributed by atoms with E-state index in [0.29, 0.717) is 16.8 Å². The number of benzene rings is 1. The number of hydrogen-bond acceptors (Lipinski definition) is 8. The van der Waals surface area contributed by atoms with Crippen molar-refractivity contribution in [3.05, 3.63) is 59.4 Å². The average Bonchev–Trinajstić information content (AvgIpc) is 2.77. The summed E-state index contributed by atoms with van der Waals surface area (Å²) in [5.74, 6) is 5.00. The Kier molecular flexibility index (Phi) is 12.2. The molecule has 0 aliphatic rings. The molecule has 2 rings (SSSR count). The topological polar surface area (TPSA) is 138 Å². The van der Waals surface area contributed by atoms with E-state index in [1.54, 1.807) is 30.5 Å². The van der Waals surface area contributed by atoms with E-state index in [0.717, 1.165) is 5.56 Å². The zero-order valence-electron chi connectivity index (χ0n) is 17.4. The van der Waals surface area contributed by atoms with Crippen molar-refractivity contribution in [3.8, 4) is 11.8 Å². The Morgan fingerprint density at radius 2 is 1.66 bits per heavy atom. The number of anilines is 1. The molecule has 1 heterocycles. The number of rotatable bonds is 6. The molecule has 0 spiro atoms. The van der Waals surface area contributed by atoms with E-state index in [-0.39, 0.29) is 28.2 Å². The molecule has 11 heteroatoms. The van der Waals surface area contributed by atoms with Crippen LogP contribution >= 0.6 is 11.8 Å². The summed E-state index contributed by atoms with van der Waals surface area (Å²) in [7, 11) is 2.61. The second-order valence-corrected chi connectivity index (χ2v) is 7.30. The summed E-state index contributed by atoms with van der Waals surface area (Å²) < 4.78 is 8.48. The summed E-state index contributed by atoms with van der Waals surface area (Å²) in [4.78, 5) is 46.9. The third-order valence-electron chi connectivity index (χ3n) is 3.40.